The lowest BCUT2D eigenvalue weighted by Crippen LogP contribution is -2.28. The van der Waals surface area contributed by atoms with Crippen LogP contribution < -0.4 is 15.4 Å². The summed E-state index contributed by atoms with van der Waals surface area (Å²) in [6.07, 6.45) is -2.87. The van der Waals surface area contributed by atoms with Crippen molar-refractivity contribution in [2.24, 2.45) is 0 Å². The second-order valence-electron chi connectivity index (χ2n) is 5.32. The number of benzene rings is 1. The third kappa shape index (κ3) is 6.98. The summed E-state index contributed by atoms with van der Waals surface area (Å²) in [7, 11) is 1.50. The quantitative estimate of drug-likeness (QED) is 0.784. The van der Waals surface area contributed by atoms with Gasteiger partial charge >= 0.3 is 12.2 Å². The van der Waals surface area contributed by atoms with Gasteiger partial charge in [-0.25, -0.2) is 9.78 Å². The Labute approximate surface area is 148 Å². The molecule has 6 nitrogen and oxygen atoms in total. The standard InChI is InChI=1S/C17H18F3N3O3/c1-25-15-7-6-14(9-21-15)23-16(24)22-8-12-2-4-13(5-3-12)10-26-11-17(18,19)20/h2-7,9H,8,10-11H2,1H3,(H2,22,23,24). The molecule has 0 saturated carbocycles. The van der Waals surface area contributed by atoms with Crippen molar-refractivity contribution in [2.75, 3.05) is 19.0 Å². The number of methoxy groups -OCH3 is 1. The molecule has 0 bridgehead atoms. The Morgan fingerprint density at radius 2 is 1.81 bits per heavy atom. The first kappa shape index (κ1) is 19.5. The molecule has 0 radical (unpaired) electrons. The maximum Gasteiger partial charge on any atom is 0.411 e. The fourth-order valence-electron chi connectivity index (χ4n) is 1.97. The zero-order valence-electron chi connectivity index (χ0n) is 14.0. The lowest BCUT2D eigenvalue weighted by molar-refractivity contribution is -0.176. The third-order valence-corrected chi connectivity index (χ3v) is 3.21. The number of halogens is 3. The molecule has 0 atom stereocenters. The van der Waals surface area contributed by atoms with Crippen molar-refractivity contribution < 1.29 is 27.4 Å². The van der Waals surface area contributed by atoms with Gasteiger partial charge in [0.2, 0.25) is 5.88 Å². The van der Waals surface area contributed by atoms with Gasteiger partial charge in [-0.3, -0.25) is 0 Å². The highest BCUT2D eigenvalue weighted by atomic mass is 19.4. The van der Waals surface area contributed by atoms with Crippen LogP contribution in [0.4, 0.5) is 23.7 Å². The first-order chi connectivity index (χ1) is 12.4. The largest absolute Gasteiger partial charge is 0.481 e. The van der Waals surface area contributed by atoms with Gasteiger partial charge in [0, 0.05) is 12.6 Å². The van der Waals surface area contributed by atoms with Crippen molar-refractivity contribution >= 4 is 11.7 Å². The summed E-state index contributed by atoms with van der Waals surface area (Å²) >= 11 is 0. The van der Waals surface area contributed by atoms with Gasteiger partial charge in [0.05, 0.1) is 25.6 Å². The molecule has 1 heterocycles. The number of carbonyl (C=O) groups excluding carboxylic acids is 1. The van der Waals surface area contributed by atoms with Crippen LogP contribution in [0.1, 0.15) is 11.1 Å². The van der Waals surface area contributed by atoms with Gasteiger partial charge < -0.3 is 20.1 Å². The number of urea groups is 1. The SMILES string of the molecule is COc1ccc(NC(=O)NCc2ccc(COCC(F)(F)F)cc2)cn1. The normalized spacial score (nSPS) is 11.1. The zero-order valence-corrected chi connectivity index (χ0v) is 14.0. The molecule has 2 amide bonds. The molecule has 0 fully saturated rings. The van der Waals surface area contributed by atoms with Gasteiger partial charge in [-0.1, -0.05) is 24.3 Å². The van der Waals surface area contributed by atoms with Crippen LogP contribution >= 0.6 is 0 Å². The van der Waals surface area contributed by atoms with E-state index in [1.165, 1.54) is 13.3 Å². The fourth-order valence-corrected chi connectivity index (χ4v) is 1.97. The van der Waals surface area contributed by atoms with Crippen LogP contribution in [-0.4, -0.2) is 30.9 Å². The van der Waals surface area contributed by atoms with Crippen molar-refractivity contribution in [1.82, 2.24) is 10.3 Å². The highest BCUT2D eigenvalue weighted by molar-refractivity contribution is 5.88. The summed E-state index contributed by atoms with van der Waals surface area (Å²) in [5.41, 5.74) is 1.93. The van der Waals surface area contributed by atoms with E-state index in [2.05, 4.69) is 20.4 Å². The zero-order chi connectivity index (χ0) is 19.0. The molecule has 1 aromatic heterocycles. The van der Waals surface area contributed by atoms with E-state index in [1.807, 2.05) is 0 Å². The number of anilines is 1. The van der Waals surface area contributed by atoms with Crippen molar-refractivity contribution in [3.8, 4) is 5.88 Å². The van der Waals surface area contributed by atoms with Crippen LogP contribution in [0.2, 0.25) is 0 Å². The number of hydrogen-bond donors (Lipinski definition) is 2. The molecule has 9 heteroatoms. The van der Waals surface area contributed by atoms with Gasteiger partial charge in [-0.2, -0.15) is 13.2 Å². The second-order valence-corrected chi connectivity index (χ2v) is 5.32. The van der Waals surface area contributed by atoms with E-state index in [0.717, 1.165) is 5.56 Å². The molecule has 0 aliphatic carbocycles. The summed E-state index contributed by atoms with van der Waals surface area (Å²) in [6.45, 7) is -1.14. The number of hydrogen-bond acceptors (Lipinski definition) is 4. The van der Waals surface area contributed by atoms with E-state index in [-0.39, 0.29) is 13.2 Å². The highest BCUT2D eigenvalue weighted by Crippen LogP contribution is 2.16. The topological polar surface area (TPSA) is 72.5 Å². The van der Waals surface area contributed by atoms with Gasteiger partial charge in [0.1, 0.15) is 6.61 Å². The molecule has 2 rings (SSSR count). The van der Waals surface area contributed by atoms with Gasteiger partial charge in [0.15, 0.2) is 0 Å². The number of rotatable bonds is 7. The number of nitrogens with one attached hydrogen (secondary N) is 2. The number of ether oxygens (including phenoxy) is 2. The van der Waals surface area contributed by atoms with E-state index in [9.17, 15) is 18.0 Å². The van der Waals surface area contributed by atoms with Crippen molar-refractivity contribution in [2.45, 2.75) is 19.3 Å². The number of carbonyl (C=O) groups is 1. The molecular weight excluding hydrogens is 351 g/mol. The van der Waals surface area contributed by atoms with E-state index >= 15 is 0 Å². The number of aromatic nitrogens is 1. The maximum absolute atomic E-state index is 12.0. The number of nitrogens with zero attached hydrogens (tertiary/aromatic N) is 1. The summed E-state index contributed by atoms with van der Waals surface area (Å²) in [5.74, 6) is 0.440. The van der Waals surface area contributed by atoms with Crippen LogP contribution in [-0.2, 0) is 17.9 Å². The minimum atomic E-state index is -4.34. The van der Waals surface area contributed by atoms with Crippen LogP contribution in [0.15, 0.2) is 42.6 Å². The average molecular weight is 369 g/mol. The molecule has 0 aliphatic heterocycles. The van der Waals surface area contributed by atoms with E-state index in [1.54, 1.807) is 36.4 Å². The lowest BCUT2D eigenvalue weighted by atomic mass is 10.1. The third-order valence-electron chi connectivity index (χ3n) is 3.21. The van der Waals surface area contributed by atoms with Crippen LogP contribution in [0, 0.1) is 0 Å². The lowest BCUT2D eigenvalue weighted by Gasteiger charge is -2.09. The molecule has 0 unspecified atom stereocenters. The molecule has 2 N–H and O–H groups in total. The Morgan fingerprint density at radius 3 is 2.38 bits per heavy atom. The molecule has 2 aromatic rings. The highest BCUT2D eigenvalue weighted by Gasteiger charge is 2.27. The van der Waals surface area contributed by atoms with Crippen LogP contribution in [0.5, 0.6) is 5.88 Å². The molecule has 0 saturated heterocycles. The van der Waals surface area contributed by atoms with Crippen molar-refractivity contribution in [3.05, 3.63) is 53.7 Å². The minimum Gasteiger partial charge on any atom is -0.481 e. The Kier molecular flexibility index (Phi) is 6.79. The van der Waals surface area contributed by atoms with Gasteiger partial charge in [-0.15, -0.1) is 0 Å². The first-order valence-electron chi connectivity index (χ1n) is 7.63. The molecule has 140 valence electrons. The minimum absolute atomic E-state index is 0.127. The Morgan fingerprint density at radius 1 is 1.12 bits per heavy atom. The molecular formula is C17H18F3N3O3. The summed E-state index contributed by atoms with van der Waals surface area (Å²) in [4.78, 5) is 15.8. The Bertz CT molecular complexity index is 704. The predicted octanol–water partition coefficient (Wildman–Crippen LogP) is 3.49. The molecule has 0 aliphatic rings. The average Bonchev–Trinajstić information content (AvgIpc) is 2.61. The van der Waals surface area contributed by atoms with Crippen LogP contribution in [0.25, 0.3) is 0 Å². The van der Waals surface area contributed by atoms with E-state index in [0.29, 0.717) is 17.1 Å². The number of alkyl halides is 3. The monoisotopic (exact) mass is 369 g/mol. The Balaban J connectivity index is 1.75. The van der Waals surface area contributed by atoms with Gasteiger partial charge in [0.25, 0.3) is 0 Å². The molecule has 26 heavy (non-hydrogen) atoms. The van der Waals surface area contributed by atoms with Crippen molar-refractivity contribution in [3.63, 3.8) is 0 Å². The summed E-state index contributed by atoms with van der Waals surface area (Å²) < 4.78 is 45.5. The number of pyridine rings is 1. The summed E-state index contributed by atoms with van der Waals surface area (Å²) in [6, 6.07) is 9.59. The van der Waals surface area contributed by atoms with E-state index in [4.69, 9.17) is 4.74 Å². The Hall–Kier alpha value is -2.81. The number of amides is 2. The van der Waals surface area contributed by atoms with Crippen LogP contribution in [0.3, 0.4) is 0 Å². The first-order valence-corrected chi connectivity index (χ1v) is 7.63. The van der Waals surface area contributed by atoms with E-state index < -0.39 is 18.8 Å². The fraction of sp³-hybridized carbons (Fsp3) is 0.294. The molecule has 0 spiro atoms. The second kappa shape index (κ2) is 9.04. The van der Waals surface area contributed by atoms with Crippen molar-refractivity contribution in [1.29, 1.82) is 0 Å². The predicted molar refractivity (Wildman–Crippen MR) is 88.8 cm³/mol. The maximum atomic E-state index is 12.0. The summed E-state index contributed by atoms with van der Waals surface area (Å²) in [5, 5.41) is 5.29. The smallest absolute Gasteiger partial charge is 0.411 e. The molecule has 1 aromatic carbocycles. The van der Waals surface area contributed by atoms with Gasteiger partial charge in [-0.05, 0) is 17.2 Å².